The molecule has 0 saturated carbocycles. The van der Waals surface area contributed by atoms with Crippen molar-refractivity contribution >= 4 is 41.8 Å². The van der Waals surface area contributed by atoms with Crippen LogP contribution >= 0.6 is 0 Å². The van der Waals surface area contributed by atoms with Crippen LogP contribution in [0.1, 0.15) is 12.8 Å². The van der Waals surface area contributed by atoms with Gasteiger partial charge in [-0.1, -0.05) is 0 Å². The fraction of sp³-hybridized carbons (Fsp3) is 0.562. The topological polar surface area (TPSA) is 428 Å². The first-order chi connectivity index (χ1) is 15.0. The zero-order valence-corrected chi connectivity index (χ0v) is 19.8. The molecule has 0 fully saturated rings. The van der Waals surface area contributed by atoms with E-state index in [0.29, 0.717) is 0 Å². The number of aliphatic hydroxyl groups is 1. The van der Waals surface area contributed by atoms with E-state index in [1.54, 1.807) is 0 Å². The van der Waals surface area contributed by atoms with E-state index in [2.05, 4.69) is 0 Å². The van der Waals surface area contributed by atoms with Crippen LogP contribution in [0.2, 0.25) is 0 Å². The lowest BCUT2D eigenvalue weighted by molar-refractivity contribution is -0.170. The number of hydrogen-bond acceptors (Lipinski definition) is 14. The highest BCUT2D eigenvalue weighted by atomic mass is 16.4. The Kier molecular flexibility index (Phi) is 28.2. The van der Waals surface area contributed by atoms with Crippen molar-refractivity contribution in [3.05, 3.63) is 0 Å². The summed E-state index contributed by atoms with van der Waals surface area (Å²) in [6, 6.07) is 0. The van der Waals surface area contributed by atoms with Crippen molar-refractivity contribution in [1.82, 2.24) is 34.4 Å². The van der Waals surface area contributed by atoms with Gasteiger partial charge in [0.25, 0.3) is 0 Å². The molecule has 0 aliphatic carbocycles. The molecule has 0 amide bonds. The normalized spacial score (nSPS) is 9.59. The van der Waals surface area contributed by atoms with Crippen molar-refractivity contribution in [3.8, 4) is 0 Å². The van der Waals surface area contributed by atoms with Gasteiger partial charge < -0.3 is 65.5 Å². The molecule has 20 N–H and O–H groups in total. The average molecular weight is 552 g/mol. The Morgan fingerprint density at radius 3 is 0.811 bits per heavy atom. The van der Waals surface area contributed by atoms with E-state index >= 15 is 0 Å². The summed E-state index contributed by atoms with van der Waals surface area (Å²) in [4.78, 5) is 74.8. The maximum Gasteiger partial charge on any atom is 0.336 e. The Hall–Kier alpha value is -3.99. The number of carboxylic acid groups (broad SMARTS) is 7. The highest BCUT2D eigenvalue weighted by Crippen LogP contribution is 2.15. The van der Waals surface area contributed by atoms with Crippen molar-refractivity contribution in [2.45, 2.75) is 18.4 Å². The molecule has 0 saturated heterocycles. The number of hydrogen-bond donors (Lipinski definition) is 12. The van der Waals surface area contributed by atoms with Gasteiger partial charge in [0.2, 0.25) is 0 Å². The molecule has 0 aromatic rings. The van der Waals surface area contributed by atoms with Gasteiger partial charge in [-0.3, -0.25) is 38.6 Å². The molecule has 0 spiro atoms. The lowest BCUT2D eigenvalue weighted by atomic mass is 9.96. The first kappa shape index (κ1) is 46.4. The standard InChI is InChI=1S/C10H16N2O8.C6H8O7.4H3N/c13-7(14)3-11(4-8(15)16)1-2-12(5-9(17)18)6-10(19)20;7-3(8)1-6(13,5(11)12)2-4(9)10;;;;/h1-6H2,(H,13,14)(H,15,16)(H,17,18)(H,19,20);13H,1-2H2,(H,7,8)(H,9,10)(H,11,12);4*1H3. The van der Waals surface area contributed by atoms with Crippen LogP contribution in [-0.4, -0.2) is 137 Å². The Morgan fingerprint density at radius 1 is 0.459 bits per heavy atom. The van der Waals surface area contributed by atoms with Crippen LogP contribution in [0.5, 0.6) is 0 Å². The van der Waals surface area contributed by atoms with Crippen LogP contribution in [0.4, 0.5) is 0 Å². The second kappa shape index (κ2) is 22.5. The second-order valence-electron chi connectivity index (χ2n) is 6.47. The van der Waals surface area contributed by atoms with Crippen molar-refractivity contribution in [2.75, 3.05) is 39.3 Å². The third kappa shape index (κ3) is 26.5. The van der Waals surface area contributed by atoms with Gasteiger partial charge in [0, 0.05) is 13.1 Å². The highest BCUT2D eigenvalue weighted by molar-refractivity contribution is 5.88. The van der Waals surface area contributed by atoms with Gasteiger partial charge in [0.15, 0.2) is 5.60 Å². The predicted octanol–water partition coefficient (Wildman–Crippen LogP) is -2.67. The minimum Gasteiger partial charge on any atom is -0.481 e. The highest BCUT2D eigenvalue weighted by Gasteiger charge is 2.40. The van der Waals surface area contributed by atoms with Crippen LogP contribution in [0.3, 0.4) is 0 Å². The summed E-state index contributed by atoms with van der Waals surface area (Å²) in [6.07, 6.45) is -2.29. The van der Waals surface area contributed by atoms with E-state index in [4.69, 9.17) is 40.9 Å². The van der Waals surface area contributed by atoms with E-state index in [1.807, 2.05) is 0 Å². The van der Waals surface area contributed by atoms with Gasteiger partial charge in [0.05, 0.1) is 39.0 Å². The Morgan fingerprint density at radius 2 is 0.676 bits per heavy atom. The minimum absolute atomic E-state index is 0. The van der Waals surface area contributed by atoms with Gasteiger partial charge in [-0.2, -0.15) is 0 Å². The Balaban J connectivity index is -0.000000125. The molecular formula is C16H36N6O15. The molecule has 0 aromatic heterocycles. The molecule has 220 valence electrons. The summed E-state index contributed by atoms with van der Waals surface area (Å²) in [5, 5.41) is 68.3. The summed E-state index contributed by atoms with van der Waals surface area (Å²) in [5.41, 5.74) is -2.74. The number of carbonyl (C=O) groups is 7. The van der Waals surface area contributed by atoms with E-state index in [0.717, 1.165) is 9.80 Å². The summed E-state index contributed by atoms with van der Waals surface area (Å²) in [7, 11) is 0. The maximum atomic E-state index is 10.6. The zero-order chi connectivity index (χ0) is 26.4. The lowest BCUT2D eigenvalue weighted by Gasteiger charge is -2.23. The SMILES string of the molecule is N.N.N.N.O=C(O)CC(O)(CC(=O)O)C(=O)O.O=C(O)CN(CCN(CC(=O)O)CC(=O)O)CC(=O)O. The lowest BCUT2D eigenvalue weighted by Crippen LogP contribution is -2.43. The van der Waals surface area contributed by atoms with Crippen LogP contribution < -0.4 is 24.6 Å². The number of nitrogens with zero attached hydrogens (tertiary/aromatic N) is 2. The van der Waals surface area contributed by atoms with E-state index in [1.165, 1.54) is 0 Å². The van der Waals surface area contributed by atoms with E-state index in [-0.39, 0.29) is 37.7 Å². The predicted molar refractivity (Wildman–Crippen MR) is 121 cm³/mol. The molecule has 0 rings (SSSR count). The molecule has 21 nitrogen and oxygen atoms in total. The summed E-state index contributed by atoms with van der Waals surface area (Å²) < 4.78 is 0. The molecule has 0 unspecified atom stereocenters. The van der Waals surface area contributed by atoms with Gasteiger partial charge in [-0.25, -0.2) is 4.79 Å². The summed E-state index contributed by atoms with van der Waals surface area (Å²) >= 11 is 0. The second-order valence-corrected chi connectivity index (χ2v) is 6.47. The molecule has 21 heteroatoms. The largest absolute Gasteiger partial charge is 0.481 e. The first-order valence-electron chi connectivity index (χ1n) is 8.69. The number of carboxylic acids is 7. The van der Waals surface area contributed by atoms with E-state index in [9.17, 15) is 33.6 Å². The van der Waals surface area contributed by atoms with Crippen molar-refractivity contribution in [2.24, 2.45) is 0 Å². The molecule has 0 aliphatic rings. The van der Waals surface area contributed by atoms with Crippen LogP contribution in [-0.2, 0) is 33.6 Å². The van der Waals surface area contributed by atoms with Crippen LogP contribution in [0.15, 0.2) is 0 Å². The van der Waals surface area contributed by atoms with Crippen molar-refractivity contribution < 1.29 is 74.4 Å². The fourth-order valence-corrected chi connectivity index (χ4v) is 2.19. The smallest absolute Gasteiger partial charge is 0.336 e. The average Bonchev–Trinajstić information content (AvgIpc) is 2.56. The Bertz CT molecular complexity index is 679. The molecule has 37 heavy (non-hydrogen) atoms. The van der Waals surface area contributed by atoms with Crippen molar-refractivity contribution in [1.29, 1.82) is 0 Å². The molecule has 0 aliphatic heterocycles. The monoisotopic (exact) mass is 552 g/mol. The van der Waals surface area contributed by atoms with Gasteiger partial charge in [-0.05, 0) is 0 Å². The van der Waals surface area contributed by atoms with Crippen molar-refractivity contribution in [3.63, 3.8) is 0 Å². The zero-order valence-electron chi connectivity index (χ0n) is 19.8. The van der Waals surface area contributed by atoms with Gasteiger partial charge in [-0.15, -0.1) is 0 Å². The van der Waals surface area contributed by atoms with Gasteiger partial charge >= 0.3 is 41.8 Å². The van der Waals surface area contributed by atoms with Crippen LogP contribution in [0, 0.1) is 0 Å². The number of rotatable bonds is 16. The third-order valence-corrected chi connectivity index (χ3v) is 3.45. The maximum absolute atomic E-state index is 10.6. The van der Waals surface area contributed by atoms with Crippen LogP contribution in [0.25, 0.3) is 0 Å². The molecule has 0 heterocycles. The quantitative estimate of drug-likeness (QED) is 0.0927. The fourth-order valence-electron chi connectivity index (χ4n) is 2.19. The molecule has 0 atom stereocenters. The first-order valence-corrected chi connectivity index (χ1v) is 8.69. The molecule has 0 bridgehead atoms. The molecule has 0 radical (unpaired) electrons. The van der Waals surface area contributed by atoms with E-state index < -0.39 is 86.4 Å². The summed E-state index contributed by atoms with van der Waals surface area (Å²) in [5.74, 6) is -9.93. The summed E-state index contributed by atoms with van der Waals surface area (Å²) in [6.45, 7) is -2.25. The van der Waals surface area contributed by atoms with Gasteiger partial charge in [0.1, 0.15) is 0 Å². The molecular weight excluding hydrogens is 516 g/mol. The number of aliphatic carboxylic acids is 7. The molecule has 0 aromatic carbocycles. The Labute approximate surface area is 209 Å². The third-order valence-electron chi connectivity index (χ3n) is 3.45. The minimum atomic E-state index is -2.74.